The third-order valence-electron chi connectivity index (χ3n) is 5.37. The molecule has 2 heterocycles. The van der Waals surface area contributed by atoms with Crippen LogP contribution in [-0.4, -0.2) is 36.0 Å². The zero-order chi connectivity index (χ0) is 19.9. The lowest BCUT2D eigenvalue weighted by atomic mass is 9.98. The van der Waals surface area contributed by atoms with Gasteiger partial charge in [0.1, 0.15) is 0 Å². The van der Waals surface area contributed by atoms with Gasteiger partial charge in [0.15, 0.2) is 5.96 Å². The Bertz CT molecular complexity index is 790. The normalized spacial score (nSPS) is 16.4. The number of likely N-dealkylation sites (tertiary alicyclic amines) is 1. The van der Waals surface area contributed by atoms with Gasteiger partial charge in [-0.3, -0.25) is 9.89 Å². The lowest BCUT2D eigenvalue weighted by molar-refractivity contribution is 0.185. The maximum Gasteiger partial charge on any atom is 0.191 e. The third kappa shape index (κ3) is 6.04. The molecule has 1 fully saturated rings. The zero-order valence-electron chi connectivity index (χ0n) is 17.6. The minimum Gasteiger partial charge on any atom is -0.352 e. The van der Waals surface area contributed by atoms with Crippen LogP contribution in [0.1, 0.15) is 46.5 Å². The molecule has 1 saturated heterocycles. The molecule has 2 aromatic rings. The van der Waals surface area contributed by atoms with Crippen molar-refractivity contribution < 1.29 is 0 Å². The first-order chi connectivity index (χ1) is 13.5. The molecule has 0 atom stereocenters. The fourth-order valence-corrected chi connectivity index (χ4v) is 4.50. The molecule has 1 aromatic carbocycles. The van der Waals surface area contributed by atoms with Crippen LogP contribution in [0.3, 0.4) is 0 Å². The Morgan fingerprint density at radius 1 is 1.18 bits per heavy atom. The van der Waals surface area contributed by atoms with Gasteiger partial charge in [-0.1, -0.05) is 31.2 Å². The van der Waals surface area contributed by atoms with Gasteiger partial charge in [-0.2, -0.15) is 0 Å². The third-order valence-corrected chi connectivity index (χ3v) is 6.45. The van der Waals surface area contributed by atoms with Gasteiger partial charge in [0, 0.05) is 25.0 Å². The van der Waals surface area contributed by atoms with Gasteiger partial charge in [0.05, 0.1) is 17.2 Å². The zero-order valence-corrected chi connectivity index (χ0v) is 18.4. The number of aromatic nitrogens is 1. The number of rotatable bonds is 6. The summed E-state index contributed by atoms with van der Waals surface area (Å²) in [5.74, 6) is 1.70. The van der Waals surface area contributed by atoms with E-state index in [-0.39, 0.29) is 0 Å². The first kappa shape index (κ1) is 20.8. The standard InChI is InChI=1S/C22H33N5S/c1-16-8-10-27(11-9-16)15-20-7-5-6-19(12-20)13-24-22(23-4)25-14-21-17(2)26-18(3)28-21/h5-7,12,16H,8-11,13-15H2,1-4H3,(H2,23,24,25). The number of benzene rings is 1. The van der Waals surface area contributed by atoms with Gasteiger partial charge in [0.2, 0.25) is 0 Å². The molecule has 28 heavy (non-hydrogen) atoms. The summed E-state index contributed by atoms with van der Waals surface area (Å²) in [5, 5.41) is 7.93. The number of aliphatic imine (C=N–C) groups is 1. The Morgan fingerprint density at radius 3 is 2.57 bits per heavy atom. The van der Waals surface area contributed by atoms with Gasteiger partial charge in [0.25, 0.3) is 0 Å². The number of aryl methyl sites for hydroxylation is 2. The predicted molar refractivity (Wildman–Crippen MR) is 119 cm³/mol. The highest BCUT2D eigenvalue weighted by molar-refractivity contribution is 7.11. The number of thiazole rings is 1. The van der Waals surface area contributed by atoms with Gasteiger partial charge < -0.3 is 10.6 Å². The molecule has 5 nitrogen and oxygen atoms in total. The molecular formula is C22H33N5S. The van der Waals surface area contributed by atoms with Crippen molar-refractivity contribution in [3.63, 3.8) is 0 Å². The summed E-state index contributed by atoms with van der Waals surface area (Å²) < 4.78 is 0. The van der Waals surface area contributed by atoms with E-state index in [2.05, 4.69) is 63.6 Å². The second-order valence-corrected chi connectivity index (χ2v) is 9.09. The van der Waals surface area contributed by atoms with Crippen LogP contribution in [0, 0.1) is 19.8 Å². The van der Waals surface area contributed by atoms with Crippen molar-refractivity contribution in [2.45, 2.75) is 53.2 Å². The molecule has 0 unspecified atom stereocenters. The molecule has 0 amide bonds. The second-order valence-electron chi connectivity index (χ2n) is 7.80. The van der Waals surface area contributed by atoms with E-state index in [1.54, 1.807) is 11.3 Å². The van der Waals surface area contributed by atoms with Crippen LogP contribution < -0.4 is 10.6 Å². The van der Waals surface area contributed by atoms with E-state index < -0.39 is 0 Å². The average molecular weight is 400 g/mol. The molecule has 1 aliphatic heterocycles. The first-order valence-electron chi connectivity index (χ1n) is 10.2. The van der Waals surface area contributed by atoms with Gasteiger partial charge in [-0.05, 0) is 56.8 Å². The fraction of sp³-hybridized carbons (Fsp3) is 0.545. The number of nitrogens with zero attached hydrogens (tertiary/aromatic N) is 3. The molecule has 1 aliphatic rings. The summed E-state index contributed by atoms with van der Waals surface area (Å²) in [6.07, 6.45) is 2.64. The van der Waals surface area contributed by atoms with Gasteiger partial charge in [-0.15, -0.1) is 11.3 Å². The Labute approximate surface area is 173 Å². The number of piperidine rings is 1. The van der Waals surface area contributed by atoms with Crippen LogP contribution in [-0.2, 0) is 19.6 Å². The van der Waals surface area contributed by atoms with Crippen LogP contribution in [0.5, 0.6) is 0 Å². The van der Waals surface area contributed by atoms with Crippen molar-refractivity contribution in [3.05, 3.63) is 51.0 Å². The smallest absolute Gasteiger partial charge is 0.191 e. The van der Waals surface area contributed by atoms with E-state index in [1.165, 1.54) is 41.9 Å². The highest BCUT2D eigenvalue weighted by atomic mass is 32.1. The second kappa shape index (κ2) is 10.0. The minimum absolute atomic E-state index is 0.754. The van der Waals surface area contributed by atoms with E-state index in [1.807, 2.05) is 14.0 Å². The molecule has 0 bridgehead atoms. The monoisotopic (exact) mass is 399 g/mol. The minimum atomic E-state index is 0.754. The lowest BCUT2D eigenvalue weighted by Gasteiger charge is -2.30. The summed E-state index contributed by atoms with van der Waals surface area (Å²) in [6.45, 7) is 11.5. The molecule has 6 heteroatoms. The highest BCUT2D eigenvalue weighted by Gasteiger charge is 2.15. The van der Waals surface area contributed by atoms with Crippen LogP contribution in [0.2, 0.25) is 0 Å². The number of hydrogen-bond donors (Lipinski definition) is 2. The molecule has 0 aliphatic carbocycles. The average Bonchev–Trinajstić information content (AvgIpc) is 3.01. The summed E-state index contributed by atoms with van der Waals surface area (Å²) in [5.41, 5.74) is 3.79. The SMILES string of the molecule is CN=C(NCc1cccc(CN2CCC(C)CC2)c1)NCc1sc(C)nc1C. The van der Waals surface area contributed by atoms with Crippen LogP contribution in [0.4, 0.5) is 0 Å². The lowest BCUT2D eigenvalue weighted by Crippen LogP contribution is -2.36. The summed E-state index contributed by atoms with van der Waals surface area (Å²) in [6, 6.07) is 8.90. The number of nitrogens with one attached hydrogen (secondary N) is 2. The Balaban J connectivity index is 1.49. The van der Waals surface area contributed by atoms with E-state index >= 15 is 0 Å². The summed E-state index contributed by atoms with van der Waals surface area (Å²) in [4.78, 5) is 12.7. The topological polar surface area (TPSA) is 52.6 Å². The number of hydrogen-bond acceptors (Lipinski definition) is 4. The summed E-state index contributed by atoms with van der Waals surface area (Å²) in [7, 11) is 1.81. The molecule has 152 valence electrons. The fourth-order valence-electron chi connectivity index (χ4n) is 3.62. The molecule has 0 radical (unpaired) electrons. The number of guanidine groups is 1. The van der Waals surface area contributed by atoms with Gasteiger partial charge >= 0.3 is 0 Å². The Hall–Kier alpha value is -1.92. The molecule has 2 N–H and O–H groups in total. The van der Waals surface area contributed by atoms with Crippen LogP contribution in [0.25, 0.3) is 0 Å². The van der Waals surface area contributed by atoms with E-state index in [0.717, 1.165) is 42.2 Å². The highest BCUT2D eigenvalue weighted by Crippen LogP contribution is 2.19. The molecular weight excluding hydrogens is 366 g/mol. The maximum absolute atomic E-state index is 4.48. The Kier molecular flexibility index (Phi) is 7.45. The van der Waals surface area contributed by atoms with E-state index in [0.29, 0.717) is 0 Å². The van der Waals surface area contributed by atoms with Gasteiger partial charge in [-0.25, -0.2) is 4.98 Å². The molecule has 3 rings (SSSR count). The molecule has 0 spiro atoms. The van der Waals surface area contributed by atoms with Crippen molar-refractivity contribution in [3.8, 4) is 0 Å². The van der Waals surface area contributed by atoms with Crippen molar-refractivity contribution in [2.24, 2.45) is 10.9 Å². The quantitative estimate of drug-likeness (QED) is 0.572. The Morgan fingerprint density at radius 2 is 1.89 bits per heavy atom. The van der Waals surface area contributed by atoms with Crippen LogP contribution >= 0.6 is 11.3 Å². The van der Waals surface area contributed by atoms with Crippen molar-refractivity contribution >= 4 is 17.3 Å². The summed E-state index contributed by atoms with van der Waals surface area (Å²) >= 11 is 1.74. The van der Waals surface area contributed by atoms with Crippen molar-refractivity contribution in [2.75, 3.05) is 20.1 Å². The van der Waals surface area contributed by atoms with Crippen LogP contribution in [0.15, 0.2) is 29.3 Å². The molecule has 1 aromatic heterocycles. The molecule has 0 saturated carbocycles. The maximum atomic E-state index is 4.48. The van der Waals surface area contributed by atoms with Crippen molar-refractivity contribution in [1.29, 1.82) is 0 Å². The largest absolute Gasteiger partial charge is 0.352 e. The first-order valence-corrected chi connectivity index (χ1v) is 11.0. The van der Waals surface area contributed by atoms with Crippen molar-refractivity contribution in [1.82, 2.24) is 20.5 Å². The predicted octanol–water partition coefficient (Wildman–Crippen LogP) is 3.86. The van der Waals surface area contributed by atoms with E-state index in [4.69, 9.17) is 0 Å². The van der Waals surface area contributed by atoms with E-state index in [9.17, 15) is 0 Å².